The third kappa shape index (κ3) is 4.96. The van der Waals surface area contributed by atoms with E-state index in [-0.39, 0.29) is 12.1 Å². The SMILES string of the molecule is COCCC(C)Oc1c(Br)cccc1CC(C)N. The second-order valence-electron chi connectivity index (χ2n) is 4.62. The summed E-state index contributed by atoms with van der Waals surface area (Å²) in [6, 6.07) is 6.18. The van der Waals surface area contributed by atoms with Crippen molar-refractivity contribution in [1.29, 1.82) is 0 Å². The van der Waals surface area contributed by atoms with Crippen molar-refractivity contribution < 1.29 is 9.47 Å². The van der Waals surface area contributed by atoms with E-state index in [9.17, 15) is 0 Å². The number of halogens is 1. The van der Waals surface area contributed by atoms with Crippen LogP contribution in [0.25, 0.3) is 0 Å². The highest BCUT2D eigenvalue weighted by Crippen LogP contribution is 2.31. The molecule has 3 nitrogen and oxygen atoms in total. The predicted molar refractivity (Wildman–Crippen MR) is 78.1 cm³/mol. The highest BCUT2D eigenvalue weighted by molar-refractivity contribution is 9.10. The van der Waals surface area contributed by atoms with E-state index >= 15 is 0 Å². The van der Waals surface area contributed by atoms with Gasteiger partial charge in [-0.15, -0.1) is 0 Å². The second-order valence-corrected chi connectivity index (χ2v) is 5.47. The molecule has 0 aliphatic heterocycles. The lowest BCUT2D eigenvalue weighted by atomic mass is 10.1. The van der Waals surface area contributed by atoms with Crippen molar-refractivity contribution in [2.24, 2.45) is 5.73 Å². The Morgan fingerprint density at radius 1 is 1.33 bits per heavy atom. The minimum absolute atomic E-state index is 0.121. The van der Waals surface area contributed by atoms with E-state index in [2.05, 4.69) is 22.0 Å². The van der Waals surface area contributed by atoms with Crippen molar-refractivity contribution in [2.75, 3.05) is 13.7 Å². The van der Waals surface area contributed by atoms with E-state index in [0.717, 1.165) is 28.6 Å². The molecule has 2 unspecified atom stereocenters. The molecule has 0 aromatic heterocycles. The summed E-state index contributed by atoms with van der Waals surface area (Å²) >= 11 is 3.54. The molecule has 0 aliphatic rings. The summed E-state index contributed by atoms with van der Waals surface area (Å²) < 4.78 is 12.0. The van der Waals surface area contributed by atoms with Gasteiger partial charge in [0.15, 0.2) is 0 Å². The molecule has 0 bridgehead atoms. The maximum Gasteiger partial charge on any atom is 0.137 e. The summed E-state index contributed by atoms with van der Waals surface area (Å²) in [4.78, 5) is 0. The molecule has 1 aromatic carbocycles. The molecule has 2 N–H and O–H groups in total. The molecule has 0 saturated carbocycles. The lowest BCUT2D eigenvalue weighted by molar-refractivity contribution is 0.134. The Balaban J connectivity index is 2.78. The molecule has 0 spiro atoms. The summed E-state index contributed by atoms with van der Waals surface area (Å²) in [7, 11) is 1.70. The fraction of sp³-hybridized carbons (Fsp3) is 0.571. The Bertz CT molecular complexity index is 369. The number of hydrogen-bond donors (Lipinski definition) is 1. The maximum atomic E-state index is 6.00. The molecular formula is C14H22BrNO2. The lowest BCUT2D eigenvalue weighted by Crippen LogP contribution is -2.20. The van der Waals surface area contributed by atoms with Crippen LogP contribution in [-0.4, -0.2) is 25.9 Å². The van der Waals surface area contributed by atoms with Crippen LogP contribution in [0.3, 0.4) is 0 Å². The molecule has 0 saturated heterocycles. The Labute approximate surface area is 118 Å². The summed E-state index contributed by atoms with van der Waals surface area (Å²) in [6.07, 6.45) is 1.80. The third-order valence-corrected chi connectivity index (χ3v) is 3.26. The number of benzene rings is 1. The third-order valence-electron chi connectivity index (χ3n) is 2.64. The number of rotatable bonds is 7. The molecule has 0 heterocycles. The first-order chi connectivity index (χ1) is 8.54. The molecule has 1 aromatic rings. The van der Waals surface area contributed by atoms with Gasteiger partial charge >= 0.3 is 0 Å². The van der Waals surface area contributed by atoms with Crippen LogP contribution in [0.4, 0.5) is 0 Å². The van der Waals surface area contributed by atoms with Gasteiger partial charge in [-0.05, 0) is 47.8 Å². The minimum Gasteiger partial charge on any atom is -0.489 e. The van der Waals surface area contributed by atoms with Crippen molar-refractivity contribution in [3.8, 4) is 5.75 Å². The van der Waals surface area contributed by atoms with E-state index in [1.165, 1.54) is 0 Å². The zero-order valence-corrected chi connectivity index (χ0v) is 12.9. The molecule has 0 radical (unpaired) electrons. The topological polar surface area (TPSA) is 44.5 Å². The van der Waals surface area contributed by atoms with Crippen LogP contribution in [-0.2, 0) is 11.2 Å². The average Bonchev–Trinajstić information content (AvgIpc) is 2.30. The Morgan fingerprint density at radius 3 is 2.67 bits per heavy atom. The van der Waals surface area contributed by atoms with Gasteiger partial charge in [-0.25, -0.2) is 0 Å². The number of para-hydroxylation sites is 1. The fourth-order valence-corrected chi connectivity index (χ4v) is 2.24. The highest BCUT2D eigenvalue weighted by atomic mass is 79.9. The number of methoxy groups -OCH3 is 1. The van der Waals surface area contributed by atoms with Gasteiger partial charge in [0.25, 0.3) is 0 Å². The van der Waals surface area contributed by atoms with Crippen LogP contribution in [0.15, 0.2) is 22.7 Å². The summed E-state index contributed by atoms with van der Waals surface area (Å²) in [5.74, 6) is 0.901. The summed E-state index contributed by atoms with van der Waals surface area (Å²) in [5.41, 5.74) is 7.01. The Morgan fingerprint density at radius 2 is 2.06 bits per heavy atom. The predicted octanol–water partition coefficient (Wildman–Crippen LogP) is 3.14. The van der Waals surface area contributed by atoms with Gasteiger partial charge in [-0.2, -0.15) is 0 Å². The molecule has 0 aliphatic carbocycles. The minimum atomic E-state index is 0.121. The smallest absolute Gasteiger partial charge is 0.137 e. The lowest BCUT2D eigenvalue weighted by Gasteiger charge is -2.19. The van der Waals surface area contributed by atoms with Crippen LogP contribution < -0.4 is 10.5 Å². The first kappa shape index (κ1) is 15.5. The molecule has 0 fully saturated rings. The number of ether oxygens (including phenoxy) is 2. The van der Waals surface area contributed by atoms with Crippen LogP contribution in [0.5, 0.6) is 5.75 Å². The zero-order chi connectivity index (χ0) is 13.5. The molecule has 102 valence electrons. The zero-order valence-electron chi connectivity index (χ0n) is 11.3. The van der Waals surface area contributed by atoms with Gasteiger partial charge < -0.3 is 15.2 Å². The van der Waals surface area contributed by atoms with E-state index in [0.29, 0.717) is 6.61 Å². The van der Waals surface area contributed by atoms with Crippen LogP contribution in [0, 0.1) is 0 Å². The average molecular weight is 316 g/mol. The van der Waals surface area contributed by atoms with Crippen molar-refractivity contribution in [1.82, 2.24) is 0 Å². The van der Waals surface area contributed by atoms with E-state index in [1.54, 1.807) is 7.11 Å². The van der Waals surface area contributed by atoms with Gasteiger partial charge in [-0.1, -0.05) is 12.1 Å². The van der Waals surface area contributed by atoms with Crippen LogP contribution in [0.1, 0.15) is 25.8 Å². The first-order valence-corrected chi connectivity index (χ1v) is 7.02. The van der Waals surface area contributed by atoms with Crippen LogP contribution in [0.2, 0.25) is 0 Å². The quantitative estimate of drug-likeness (QED) is 0.840. The van der Waals surface area contributed by atoms with Crippen molar-refractivity contribution in [2.45, 2.75) is 38.8 Å². The highest BCUT2D eigenvalue weighted by Gasteiger charge is 2.13. The van der Waals surface area contributed by atoms with Gasteiger partial charge in [0.1, 0.15) is 5.75 Å². The Kier molecular flexibility index (Phi) is 6.68. The monoisotopic (exact) mass is 315 g/mol. The molecule has 18 heavy (non-hydrogen) atoms. The van der Waals surface area contributed by atoms with Gasteiger partial charge in [0.2, 0.25) is 0 Å². The summed E-state index contributed by atoms with van der Waals surface area (Å²) in [5, 5.41) is 0. The first-order valence-electron chi connectivity index (χ1n) is 6.23. The molecule has 2 atom stereocenters. The maximum absolute atomic E-state index is 6.00. The van der Waals surface area contributed by atoms with Crippen molar-refractivity contribution in [3.63, 3.8) is 0 Å². The van der Waals surface area contributed by atoms with E-state index < -0.39 is 0 Å². The molecule has 0 amide bonds. The standard InChI is InChI=1S/C14H22BrNO2/c1-10(16)9-12-5-4-6-13(15)14(12)18-11(2)7-8-17-3/h4-6,10-11H,7-9,16H2,1-3H3. The fourth-order valence-electron chi connectivity index (χ4n) is 1.74. The van der Waals surface area contributed by atoms with Crippen LogP contribution >= 0.6 is 15.9 Å². The van der Waals surface area contributed by atoms with Gasteiger partial charge in [0, 0.05) is 26.2 Å². The molecular weight excluding hydrogens is 294 g/mol. The summed E-state index contributed by atoms with van der Waals surface area (Å²) in [6.45, 7) is 4.75. The van der Waals surface area contributed by atoms with Gasteiger partial charge in [0.05, 0.1) is 10.6 Å². The van der Waals surface area contributed by atoms with E-state index in [1.807, 2.05) is 26.0 Å². The molecule has 4 heteroatoms. The van der Waals surface area contributed by atoms with E-state index in [4.69, 9.17) is 15.2 Å². The van der Waals surface area contributed by atoms with Crippen molar-refractivity contribution in [3.05, 3.63) is 28.2 Å². The van der Waals surface area contributed by atoms with Gasteiger partial charge in [-0.3, -0.25) is 0 Å². The number of hydrogen-bond acceptors (Lipinski definition) is 3. The second kappa shape index (κ2) is 7.77. The normalized spacial score (nSPS) is 14.3. The number of nitrogens with two attached hydrogens (primary N) is 1. The Hall–Kier alpha value is -0.580. The largest absolute Gasteiger partial charge is 0.489 e. The van der Waals surface area contributed by atoms with Crippen molar-refractivity contribution >= 4 is 15.9 Å². The molecule has 1 rings (SSSR count).